The summed E-state index contributed by atoms with van der Waals surface area (Å²) >= 11 is 3.36. The molecule has 0 saturated heterocycles. The number of hydrogen-bond acceptors (Lipinski definition) is 7. The molecule has 0 aliphatic heterocycles. The molecule has 42 heavy (non-hydrogen) atoms. The fourth-order valence-corrected chi connectivity index (χ4v) is 6.63. The van der Waals surface area contributed by atoms with E-state index in [1.807, 2.05) is 78.9 Å². The highest BCUT2D eigenvalue weighted by Crippen LogP contribution is 2.44. The summed E-state index contributed by atoms with van der Waals surface area (Å²) in [7, 11) is -2.67. The lowest BCUT2D eigenvalue weighted by Gasteiger charge is -2.33. The zero-order valence-corrected chi connectivity index (χ0v) is 25.0. The highest BCUT2D eigenvalue weighted by atomic mass is 79.9. The van der Waals surface area contributed by atoms with E-state index < -0.39 is 28.1 Å². The minimum Gasteiger partial charge on any atom is -0.495 e. The fourth-order valence-electron chi connectivity index (χ4n) is 4.84. The summed E-state index contributed by atoms with van der Waals surface area (Å²) in [6.45, 7) is 0. The first-order valence-electron chi connectivity index (χ1n) is 13.1. The van der Waals surface area contributed by atoms with Gasteiger partial charge in [-0.3, -0.25) is 9.71 Å². The Labute approximate surface area is 253 Å². The number of nitrogens with zero attached hydrogens (tertiary/aromatic N) is 2. The summed E-state index contributed by atoms with van der Waals surface area (Å²) in [5.41, 5.74) is 2.23. The fraction of sp³-hybridized carbons (Fsp3) is 0.125. The Bertz CT molecular complexity index is 1730. The lowest BCUT2D eigenvalue weighted by molar-refractivity contribution is 0.133. The zero-order valence-electron chi connectivity index (χ0n) is 22.6. The van der Waals surface area contributed by atoms with Gasteiger partial charge in [-0.05, 0) is 59.7 Å². The van der Waals surface area contributed by atoms with E-state index in [0.29, 0.717) is 32.8 Å². The van der Waals surface area contributed by atoms with Gasteiger partial charge in [-0.15, -0.1) is 0 Å². The van der Waals surface area contributed by atoms with E-state index in [1.165, 1.54) is 13.2 Å². The van der Waals surface area contributed by atoms with Crippen LogP contribution in [0.15, 0.2) is 131 Å². The molecule has 3 aromatic carbocycles. The van der Waals surface area contributed by atoms with E-state index in [0.717, 1.165) is 0 Å². The summed E-state index contributed by atoms with van der Waals surface area (Å²) < 4.78 is 36.2. The van der Waals surface area contributed by atoms with Gasteiger partial charge in [0.2, 0.25) is 0 Å². The summed E-state index contributed by atoms with van der Waals surface area (Å²) in [6.07, 6.45) is 2.33. The number of aliphatic hydroxyl groups excluding tert-OH is 1. The minimum absolute atomic E-state index is 0.0194. The number of ether oxygens (including phenoxy) is 1. The molecule has 0 fully saturated rings. The Kier molecular flexibility index (Phi) is 9.16. The Morgan fingerprint density at radius 3 is 2.21 bits per heavy atom. The molecular weight excluding hydrogens is 616 g/mol. The molecule has 0 bridgehead atoms. The number of para-hydroxylation sites is 1. The molecule has 2 heterocycles. The highest BCUT2D eigenvalue weighted by Gasteiger charge is 2.35. The van der Waals surface area contributed by atoms with Crippen molar-refractivity contribution in [2.24, 2.45) is 0 Å². The van der Waals surface area contributed by atoms with Crippen LogP contribution in [0.2, 0.25) is 0 Å². The molecule has 3 N–H and O–H groups in total. The number of sulfonamides is 1. The molecule has 0 amide bonds. The van der Waals surface area contributed by atoms with Crippen LogP contribution in [0.5, 0.6) is 5.75 Å². The van der Waals surface area contributed by atoms with Crippen molar-refractivity contribution in [3.8, 4) is 5.75 Å². The summed E-state index contributed by atoms with van der Waals surface area (Å²) in [5, 5.41) is 15.3. The number of nitrogens with one attached hydrogen (secondary N) is 2. The predicted molar refractivity (Wildman–Crippen MR) is 167 cm³/mol. The highest BCUT2D eigenvalue weighted by molar-refractivity contribution is 9.10. The maximum Gasteiger partial charge on any atom is 0.265 e. The Hall–Kier alpha value is -4.25. The van der Waals surface area contributed by atoms with Crippen molar-refractivity contribution in [1.82, 2.24) is 9.97 Å². The minimum atomic E-state index is -4.10. The van der Waals surface area contributed by atoms with Crippen LogP contribution in [0.1, 0.15) is 34.9 Å². The van der Waals surface area contributed by atoms with Crippen LogP contribution in [0.25, 0.3) is 0 Å². The van der Waals surface area contributed by atoms with Gasteiger partial charge in [0.05, 0.1) is 30.9 Å². The number of rotatable bonds is 11. The van der Waals surface area contributed by atoms with Gasteiger partial charge >= 0.3 is 0 Å². The standard InChI is InChI=1S/C32H29BrN4O4S/c1-41-27-18-17-23(33)21-28(27)42(39,40)37-25-14-6-5-13-24(25)31(36-29-16-8-10-20-35-29)30(26-15-7-9-19-34-26)32(38)22-11-3-2-4-12-22/h2-21,30-32,37-38H,1H3,(H,35,36). The first kappa shape index (κ1) is 29.2. The van der Waals surface area contributed by atoms with Gasteiger partial charge < -0.3 is 15.2 Å². The number of aromatic nitrogens is 2. The number of hydrogen-bond donors (Lipinski definition) is 3. The van der Waals surface area contributed by atoms with E-state index in [-0.39, 0.29) is 10.6 Å². The third-order valence-electron chi connectivity index (χ3n) is 6.79. The van der Waals surface area contributed by atoms with Gasteiger partial charge in [-0.1, -0.05) is 76.6 Å². The number of aliphatic hydroxyl groups is 1. The molecule has 214 valence electrons. The van der Waals surface area contributed by atoms with Crippen molar-refractivity contribution >= 4 is 37.5 Å². The lowest BCUT2D eigenvalue weighted by Crippen LogP contribution is -2.27. The molecule has 5 rings (SSSR count). The van der Waals surface area contributed by atoms with Crippen molar-refractivity contribution in [3.05, 3.63) is 143 Å². The Morgan fingerprint density at radius 2 is 1.52 bits per heavy atom. The molecule has 0 saturated carbocycles. The summed E-state index contributed by atoms with van der Waals surface area (Å²) in [5.74, 6) is 0.105. The molecule has 0 aliphatic rings. The molecule has 0 radical (unpaired) electrons. The van der Waals surface area contributed by atoms with Crippen LogP contribution < -0.4 is 14.8 Å². The van der Waals surface area contributed by atoms with Crippen molar-refractivity contribution < 1.29 is 18.3 Å². The monoisotopic (exact) mass is 644 g/mol. The zero-order chi connectivity index (χ0) is 29.5. The predicted octanol–water partition coefficient (Wildman–Crippen LogP) is 6.72. The van der Waals surface area contributed by atoms with E-state index in [4.69, 9.17) is 4.74 Å². The largest absolute Gasteiger partial charge is 0.495 e. The molecule has 0 spiro atoms. The van der Waals surface area contributed by atoms with Gasteiger partial charge in [-0.25, -0.2) is 13.4 Å². The first-order valence-corrected chi connectivity index (χ1v) is 15.4. The van der Waals surface area contributed by atoms with Crippen molar-refractivity contribution in [2.75, 3.05) is 17.1 Å². The van der Waals surface area contributed by atoms with Gasteiger partial charge in [0, 0.05) is 22.6 Å². The van der Waals surface area contributed by atoms with Gasteiger partial charge in [-0.2, -0.15) is 0 Å². The van der Waals surface area contributed by atoms with Crippen LogP contribution in [0, 0.1) is 0 Å². The summed E-state index contributed by atoms with van der Waals surface area (Å²) in [4.78, 5) is 9.06. The number of benzene rings is 3. The van der Waals surface area contributed by atoms with Gasteiger partial charge in [0.25, 0.3) is 10.0 Å². The second-order valence-corrected chi connectivity index (χ2v) is 12.0. The average Bonchev–Trinajstić information content (AvgIpc) is 3.02. The third kappa shape index (κ3) is 6.62. The average molecular weight is 646 g/mol. The first-order chi connectivity index (χ1) is 20.4. The van der Waals surface area contributed by atoms with Crippen molar-refractivity contribution in [1.29, 1.82) is 0 Å². The van der Waals surface area contributed by atoms with E-state index >= 15 is 0 Å². The maximum atomic E-state index is 13.8. The van der Waals surface area contributed by atoms with E-state index in [1.54, 1.807) is 36.7 Å². The second kappa shape index (κ2) is 13.2. The SMILES string of the molecule is COc1ccc(Br)cc1S(=O)(=O)Nc1ccccc1C(Nc1ccccn1)C(c1ccccn1)C(O)c1ccccc1. The third-order valence-corrected chi connectivity index (χ3v) is 8.67. The van der Waals surface area contributed by atoms with Crippen LogP contribution in [-0.4, -0.2) is 30.6 Å². The quantitative estimate of drug-likeness (QED) is 0.146. The number of anilines is 2. The Balaban J connectivity index is 1.66. The second-order valence-electron chi connectivity index (χ2n) is 9.46. The van der Waals surface area contributed by atoms with E-state index in [9.17, 15) is 13.5 Å². The Morgan fingerprint density at radius 1 is 0.833 bits per heavy atom. The molecular formula is C32H29BrN4O4S. The van der Waals surface area contributed by atoms with Crippen LogP contribution in [0.3, 0.4) is 0 Å². The lowest BCUT2D eigenvalue weighted by atomic mass is 9.82. The van der Waals surface area contributed by atoms with E-state index in [2.05, 4.69) is 35.9 Å². The van der Waals surface area contributed by atoms with Crippen molar-refractivity contribution in [3.63, 3.8) is 0 Å². The smallest absolute Gasteiger partial charge is 0.265 e. The number of pyridine rings is 2. The number of halogens is 1. The molecule has 0 aliphatic carbocycles. The molecule has 3 unspecified atom stereocenters. The molecule has 3 atom stereocenters. The van der Waals surface area contributed by atoms with Crippen LogP contribution in [0.4, 0.5) is 11.5 Å². The van der Waals surface area contributed by atoms with Crippen molar-refractivity contribution in [2.45, 2.75) is 23.0 Å². The topological polar surface area (TPSA) is 113 Å². The van der Waals surface area contributed by atoms with Gasteiger partial charge in [0.15, 0.2) is 0 Å². The maximum absolute atomic E-state index is 13.8. The van der Waals surface area contributed by atoms with Crippen LogP contribution in [-0.2, 0) is 10.0 Å². The van der Waals surface area contributed by atoms with Crippen LogP contribution >= 0.6 is 15.9 Å². The molecule has 2 aromatic heterocycles. The normalized spacial score (nSPS) is 13.5. The molecule has 5 aromatic rings. The summed E-state index contributed by atoms with van der Waals surface area (Å²) in [6, 6.07) is 31.5. The van der Waals surface area contributed by atoms with Gasteiger partial charge in [0.1, 0.15) is 16.5 Å². The molecule has 8 nitrogen and oxygen atoms in total. The number of methoxy groups -OCH3 is 1. The molecule has 10 heteroatoms.